The van der Waals surface area contributed by atoms with Gasteiger partial charge in [0, 0.05) is 26.8 Å². The predicted molar refractivity (Wildman–Crippen MR) is 127 cm³/mol. The number of amides is 1. The molecule has 0 aliphatic carbocycles. The molecule has 0 heterocycles. The SMILES string of the molecule is C[C@H](OC(=O)CCCNCCCCCNC(=O)O[C@@H](C)OC(=O)C(C)(C)C)OC(=O)C(C)(C)C. The van der Waals surface area contributed by atoms with Gasteiger partial charge in [-0.3, -0.25) is 14.4 Å². The van der Waals surface area contributed by atoms with E-state index in [2.05, 4.69) is 10.6 Å². The number of esters is 3. The molecule has 10 heteroatoms. The first kappa shape index (κ1) is 31.6. The van der Waals surface area contributed by atoms with E-state index in [1.165, 1.54) is 13.8 Å². The van der Waals surface area contributed by atoms with Gasteiger partial charge < -0.3 is 29.6 Å². The molecule has 0 saturated heterocycles. The van der Waals surface area contributed by atoms with Crippen molar-refractivity contribution in [2.24, 2.45) is 10.8 Å². The molecule has 0 fully saturated rings. The summed E-state index contributed by atoms with van der Waals surface area (Å²) in [5, 5.41) is 5.88. The van der Waals surface area contributed by atoms with Crippen LogP contribution in [0, 0.1) is 10.8 Å². The molecule has 0 aliphatic rings. The first-order valence-electron chi connectivity index (χ1n) is 11.9. The van der Waals surface area contributed by atoms with Crippen LogP contribution in [0.2, 0.25) is 0 Å². The third-order valence-electron chi connectivity index (χ3n) is 4.38. The van der Waals surface area contributed by atoms with E-state index < -0.39 is 47.4 Å². The average Bonchev–Trinajstić information content (AvgIpc) is 2.67. The molecule has 0 saturated carbocycles. The summed E-state index contributed by atoms with van der Waals surface area (Å²) in [4.78, 5) is 47.0. The van der Waals surface area contributed by atoms with Crippen LogP contribution in [-0.4, -0.2) is 56.2 Å². The standard InChI is InChI=1S/C24H44N2O8/c1-17(32-20(28)23(3,4)5)31-19(27)13-12-15-25-14-10-9-11-16-26-22(30)34-18(2)33-21(29)24(6,7)8/h17-18,25H,9-16H2,1-8H3,(H,26,30)/t17-,18+/m1/s1. The van der Waals surface area contributed by atoms with E-state index in [4.69, 9.17) is 18.9 Å². The summed E-state index contributed by atoms with van der Waals surface area (Å²) >= 11 is 0. The molecular formula is C24H44N2O8. The summed E-state index contributed by atoms with van der Waals surface area (Å²) in [5.41, 5.74) is -1.31. The number of alkyl carbamates (subject to hydrolysis) is 1. The Labute approximate surface area is 203 Å². The predicted octanol–water partition coefficient (Wildman–Crippen LogP) is 3.67. The first-order chi connectivity index (χ1) is 15.6. The normalized spacial score (nSPS) is 13.4. The third-order valence-corrected chi connectivity index (χ3v) is 4.38. The molecule has 34 heavy (non-hydrogen) atoms. The number of hydrogen-bond donors (Lipinski definition) is 2. The van der Waals surface area contributed by atoms with Gasteiger partial charge in [0.15, 0.2) is 0 Å². The molecule has 198 valence electrons. The zero-order valence-electron chi connectivity index (χ0n) is 22.1. The third kappa shape index (κ3) is 16.3. The molecule has 1 amide bonds. The molecule has 0 aromatic rings. The summed E-state index contributed by atoms with van der Waals surface area (Å²) in [6, 6.07) is 0. The molecule has 0 aromatic heterocycles. The Balaban J connectivity index is 3.68. The maximum atomic E-state index is 11.8. The molecule has 0 bridgehead atoms. The van der Waals surface area contributed by atoms with Crippen LogP contribution in [0.25, 0.3) is 0 Å². The first-order valence-corrected chi connectivity index (χ1v) is 11.9. The number of unbranched alkanes of at least 4 members (excludes halogenated alkanes) is 2. The van der Waals surface area contributed by atoms with Crippen molar-refractivity contribution in [2.75, 3.05) is 19.6 Å². The molecule has 10 nitrogen and oxygen atoms in total. The van der Waals surface area contributed by atoms with Crippen molar-refractivity contribution in [3.05, 3.63) is 0 Å². The van der Waals surface area contributed by atoms with Crippen LogP contribution in [0.15, 0.2) is 0 Å². The highest BCUT2D eigenvalue weighted by Gasteiger charge is 2.27. The number of carbonyl (C=O) groups is 4. The number of carbonyl (C=O) groups excluding carboxylic acids is 4. The van der Waals surface area contributed by atoms with Crippen LogP contribution in [0.5, 0.6) is 0 Å². The lowest BCUT2D eigenvalue weighted by Crippen LogP contribution is -2.33. The van der Waals surface area contributed by atoms with Crippen molar-refractivity contribution in [1.82, 2.24) is 10.6 Å². The summed E-state index contributed by atoms with van der Waals surface area (Å²) in [5.74, 6) is -1.26. The zero-order valence-corrected chi connectivity index (χ0v) is 22.1. The highest BCUT2D eigenvalue weighted by Crippen LogP contribution is 2.17. The van der Waals surface area contributed by atoms with Gasteiger partial charge in [0.2, 0.25) is 12.6 Å². The second-order valence-electron chi connectivity index (χ2n) is 10.2. The largest absolute Gasteiger partial charge is 0.425 e. The minimum absolute atomic E-state index is 0.236. The molecule has 0 aromatic carbocycles. The minimum atomic E-state index is -0.949. The minimum Gasteiger partial charge on any atom is -0.425 e. The Morgan fingerprint density at radius 1 is 0.647 bits per heavy atom. The van der Waals surface area contributed by atoms with E-state index in [0.29, 0.717) is 19.5 Å². The van der Waals surface area contributed by atoms with E-state index in [1.807, 2.05) is 0 Å². The lowest BCUT2D eigenvalue weighted by molar-refractivity contribution is -0.190. The van der Waals surface area contributed by atoms with Crippen LogP contribution < -0.4 is 10.6 Å². The zero-order chi connectivity index (χ0) is 26.4. The van der Waals surface area contributed by atoms with Crippen molar-refractivity contribution in [2.45, 2.75) is 100 Å². The topological polar surface area (TPSA) is 129 Å². The summed E-state index contributed by atoms with van der Waals surface area (Å²) in [6.45, 7) is 15.3. The van der Waals surface area contributed by atoms with E-state index in [0.717, 1.165) is 25.8 Å². The second kappa shape index (κ2) is 15.5. The molecule has 0 radical (unpaired) electrons. The molecule has 0 spiro atoms. The van der Waals surface area contributed by atoms with Gasteiger partial charge >= 0.3 is 24.0 Å². The lowest BCUT2D eigenvalue weighted by Gasteiger charge is -2.20. The Morgan fingerprint density at radius 2 is 1.12 bits per heavy atom. The lowest BCUT2D eigenvalue weighted by atomic mass is 9.97. The van der Waals surface area contributed by atoms with Crippen molar-refractivity contribution in [3.63, 3.8) is 0 Å². The van der Waals surface area contributed by atoms with Gasteiger partial charge in [0.05, 0.1) is 10.8 Å². The van der Waals surface area contributed by atoms with Gasteiger partial charge in [-0.1, -0.05) is 6.42 Å². The van der Waals surface area contributed by atoms with Gasteiger partial charge in [-0.05, 0) is 73.9 Å². The van der Waals surface area contributed by atoms with E-state index in [9.17, 15) is 19.2 Å². The molecule has 0 rings (SSSR count). The van der Waals surface area contributed by atoms with Crippen molar-refractivity contribution in [3.8, 4) is 0 Å². The van der Waals surface area contributed by atoms with Gasteiger partial charge in [0.1, 0.15) is 0 Å². The van der Waals surface area contributed by atoms with Gasteiger partial charge in [-0.15, -0.1) is 0 Å². The van der Waals surface area contributed by atoms with Crippen molar-refractivity contribution in [1.29, 1.82) is 0 Å². The average molecular weight is 489 g/mol. The van der Waals surface area contributed by atoms with Gasteiger partial charge in [-0.2, -0.15) is 0 Å². The van der Waals surface area contributed by atoms with Crippen LogP contribution in [0.1, 0.15) is 87.5 Å². The van der Waals surface area contributed by atoms with Crippen LogP contribution in [0.4, 0.5) is 4.79 Å². The molecular weight excluding hydrogens is 444 g/mol. The summed E-state index contributed by atoms with van der Waals surface area (Å²) in [6.07, 6.45) is 0.978. The Hall–Kier alpha value is -2.36. The highest BCUT2D eigenvalue weighted by atomic mass is 16.7. The van der Waals surface area contributed by atoms with E-state index in [1.54, 1.807) is 41.5 Å². The van der Waals surface area contributed by atoms with Crippen LogP contribution >= 0.6 is 0 Å². The monoisotopic (exact) mass is 488 g/mol. The summed E-state index contributed by atoms with van der Waals surface area (Å²) in [7, 11) is 0. The van der Waals surface area contributed by atoms with Crippen LogP contribution in [-0.2, 0) is 33.3 Å². The van der Waals surface area contributed by atoms with E-state index in [-0.39, 0.29) is 6.42 Å². The summed E-state index contributed by atoms with van der Waals surface area (Å²) < 4.78 is 20.2. The van der Waals surface area contributed by atoms with Gasteiger partial charge in [0.25, 0.3) is 0 Å². The number of hydrogen-bond acceptors (Lipinski definition) is 9. The fourth-order valence-corrected chi connectivity index (χ4v) is 2.36. The quantitative estimate of drug-likeness (QED) is 0.214. The maximum absolute atomic E-state index is 11.8. The number of ether oxygens (including phenoxy) is 4. The Kier molecular flexibility index (Phi) is 14.4. The van der Waals surface area contributed by atoms with Crippen molar-refractivity contribution >= 4 is 24.0 Å². The number of rotatable bonds is 14. The fraction of sp³-hybridized carbons (Fsp3) is 0.833. The molecule has 2 N–H and O–H groups in total. The van der Waals surface area contributed by atoms with Crippen LogP contribution in [0.3, 0.4) is 0 Å². The van der Waals surface area contributed by atoms with Crippen molar-refractivity contribution < 1.29 is 38.1 Å². The second-order valence-corrected chi connectivity index (χ2v) is 10.2. The Morgan fingerprint density at radius 3 is 1.65 bits per heavy atom. The maximum Gasteiger partial charge on any atom is 0.410 e. The molecule has 0 unspecified atom stereocenters. The number of nitrogens with one attached hydrogen (secondary N) is 2. The van der Waals surface area contributed by atoms with E-state index >= 15 is 0 Å². The molecule has 0 aliphatic heterocycles. The van der Waals surface area contributed by atoms with Gasteiger partial charge in [-0.25, -0.2) is 4.79 Å². The fourth-order valence-electron chi connectivity index (χ4n) is 2.36. The highest BCUT2D eigenvalue weighted by molar-refractivity contribution is 5.76. The Bertz CT molecular complexity index is 596. The molecule has 2 atom stereocenters. The smallest absolute Gasteiger partial charge is 0.410 e.